The first-order chi connectivity index (χ1) is 7.72. The van der Waals surface area contributed by atoms with Crippen molar-refractivity contribution in [3.8, 4) is 0 Å². The maximum atomic E-state index is 11.7. The van der Waals surface area contributed by atoms with Crippen molar-refractivity contribution in [1.29, 1.82) is 0 Å². The van der Waals surface area contributed by atoms with E-state index in [0.717, 1.165) is 18.2 Å². The monoisotopic (exact) mass is 260 g/mol. The molecule has 1 aliphatic heterocycles. The molecule has 0 aliphatic carbocycles. The quantitative estimate of drug-likeness (QED) is 0.804. The second kappa shape index (κ2) is 4.99. The minimum absolute atomic E-state index is 0.00137. The van der Waals surface area contributed by atoms with Gasteiger partial charge >= 0.3 is 0 Å². The fraction of sp³-hybridized carbons (Fsp3) is 0.556. The molecule has 1 amide bonds. The minimum Gasteiger partial charge on any atom is -0.357 e. The molecule has 5 nitrogen and oxygen atoms in total. The third-order valence-electron chi connectivity index (χ3n) is 2.50. The van der Waals surface area contributed by atoms with Gasteiger partial charge in [0.25, 0.3) is 0 Å². The summed E-state index contributed by atoms with van der Waals surface area (Å²) >= 11 is 7.26. The van der Waals surface area contributed by atoms with Crippen molar-refractivity contribution in [2.75, 3.05) is 31.6 Å². The van der Waals surface area contributed by atoms with E-state index in [1.165, 1.54) is 11.3 Å². The second-order valence-corrected chi connectivity index (χ2v) is 4.70. The zero-order valence-corrected chi connectivity index (χ0v) is 10.4. The van der Waals surface area contributed by atoms with E-state index in [-0.39, 0.29) is 11.9 Å². The molecule has 2 heterocycles. The van der Waals surface area contributed by atoms with Gasteiger partial charge in [-0.15, -0.1) is 11.3 Å². The third kappa shape index (κ3) is 2.28. The molecule has 1 saturated heterocycles. The predicted octanol–water partition coefficient (Wildman–Crippen LogP) is 0.321. The number of carbonyl (C=O) groups excluding carboxylic acids is 1. The van der Waals surface area contributed by atoms with E-state index in [9.17, 15) is 4.79 Å². The van der Waals surface area contributed by atoms with Crippen LogP contribution in [0.4, 0.5) is 5.13 Å². The summed E-state index contributed by atoms with van der Waals surface area (Å²) in [5, 5.41) is 8.93. The number of nitrogens with one attached hydrogen (secondary N) is 2. The molecule has 1 fully saturated rings. The summed E-state index contributed by atoms with van der Waals surface area (Å²) in [6.07, 6.45) is 0. The third-order valence-corrected chi connectivity index (χ3v) is 3.70. The van der Waals surface area contributed by atoms with E-state index < -0.39 is 0 Å². The number of nitrogens with zero attached hydrogens (tertiary/aromatic N) is 2. The normalized spacial score (nSPS) is 20.9. The first-order valence-corrected chi connectivity index (χ1v) is 6.28. The molecule has 1 aliphatic rings. The van der Waals surface area contributed by atoms with Gasteiger partial charge < -0.3 is 15.5 Å². The van der Waals surface area contributed by atoms with Crippen molar-refractivity contribution < 1.29 is 4.79 Å². The van der Waals surface area contributed by atoms with Gasteiger partial charge in [0.1, 0.15) is 11.2 Å². The van der Waals surface area contributed by atoms with Crippen molar-refractivity contribution in [2.24, 2.45) is 0 Å². The molecule has 2 rings (SSSR count). The van der Waals surface area contributed by atoms with Crippen LogP contribution in [0.1, 0.15) is 0 Å². The fourth-order valence-electron chi connectivity index (χ4n) is 1.71. The van der Waals surface area contributed by atoms with Crippen LogP contribution in [-0.4, -0.2) is 43.6 Å². The molecule has 1 unspecified atom stereocenters. The van der Waals surface area contributed by atoms with E-state index in [4.69, 9.17) is 11.6 Å². The van der Waals surface area contributed by atoms with Gasteiger partial charge in [-0.05, 0) is 0 Å². The van der Waals surface area contributed by atoms with Crippen LogP contribution in [0.25, 0.3) is 0 Å². The highest BCUT2D eigenvalue weighted by atomic mass is 35.5. The Balaban J connectivity index is 2.19. The zero-order chi connectivity index (χ0) is 11.5. The number of hydrogen-bond acceptors (Lipinski definition) is 5. The van der Waals surface area contributed by atoms with Crippen LogP contribution in [0.2, 0.25) is 5.15 Å². The number of aromatic nitrogens is 1. The summed E-state index contributed by atoms with van der Waals surface area (Å²) in [5.41, 5.74) is 0. The van der Waals surface area contributed by atoms with E-state index in [0.29, 0.717) is 11.7 Å². The lowest BCUT2D eigenvalue weighted by Crippen LogP contribution is -2.57. The highest BCUT2D eigenvalue weighted by molar-refractivity contribution is 7.14. The van der Waals surface area contributed by atoms with E-state index >= 15 is 0 Å². The summed E-state index contributed by atoms with van der Waals surface area (Å²) in [6, 6.07) is -0.207. The van der Waals surface area contributed by atoms with Crippen molar-refractivity contribution in [1.82, 2.24) is 15.6 Å². The Hall–Kier alpha value is -0.850. The first kappa shape index (κ1) is 11.6. The van der Waals surface area contributed by atoms with Crippen molar-refractivity contribution in [2.45, 2.75) is 6.04 Å². The Labute approximate surface area is 103 Å². The molecular formula is C9H13ClN4OS. The number of carbonyl (C=O) groups is 1. The summed E-state index contributed by atoms with van der Waals surface area (Å²) in [7, 11) is 1.64. The molecule has 1 aromatic heterocycles. The van der Waals surface area contributed by atoms with E-state index in [1.807, 2.05) is 4.90 Å². The number of hydrogen-bond donors (Lipinski definition) is 2. The topological polar surface area (TPSA) is 57.3 Å². The SMILES string of the molecule is CNC(=O)C1CNCCN1c1nc(Cl)cs1. The molecule has 0 aromatic carbocycles. The lowest BCUT2D eigenvalue weighted by Gasteiger charge is -2.34. The standard InChI is InChI=1S/C9H13ClN4OS/c1-11-8(15)6-4-12-2-3-14(6)9-13-7(10)5-16-9/h5-6,12H,2-4H2,1H3,(H,11,15). The summed E-state index contributed by atoms with van der Waals surface area (Å²) in [6.45, 7) is 2.25. The summed E-state index contributed by atoms with van der Waals surface area (Å²) < 4.78 is 0. The number of likely N-dealkylation sites (N-methyl/N-ethyl adjacent to an activating group) is 1. The van der Waals surface area contributed by atoms with Crippen LogP contribution in [0.3, 0.4) is 0 Å². The minimum atomic E-state index is -0.207. The predicted molar refractivity (Wildman–Crippen MR) is 65.2 cm³/mol. The van der Waals surface area contributed by atoms with Gasteiger partial charge in [0.15, 0.2) is 5.13 Å². The maximum Gasteiger partial charge on any atom is 0.243 e. The van der Waals surface area contributed by atoms with Crippen LogP contribution < -0.4 is 15.5 Å². The second-order valence-electron chi connectivity index (χ2n) is 3.48. The number of halogens is 1. The Kier molecular flexibility index (Phi) is 3.63. The van der Waals surface area contributed by atoms with Gasteiger partial charge in [-0.2, -0.15) is 0 Å². The van der Waals surface area contributed by atoms with Crippen LogP contribution in [0.15, 0.2) is 5.38 Å². The van der Waals surface area contributed by atoms with Gasteiger partial charge in [-0.25, -0.2) is 4.98 Å². The van der Waals surface area contributed by atoms with Crippen LogP contribution >= 0.6 is 22.9 Å². The molecule has 0 bridgehead atoms. The molecule has 0 radical (unpaired) electrons. The maximum absolute atomic E-state index is 11.7. The van der Waals surface area contributed by atoms with Crippen molar-refractivity contribution >= 4 is 34.0 Å². The number of anilines is 1. The van der Waals surface area contributed by atoms with Crippen LogP contribution in [0.5, 0.6) is 0 Å². The molecule has 7 heteroatoms. The first-order valence-electron chi connectivity index (χ1n) is 5.02. The van der Waals surface area contributed by atoms with Crippen molar-refractivity contribution in [3.63, 3.8) is 0 Å². The Bertz CT molecular complexity index is 383. The lowest BCUT2D eigenvalue weighted by molar-refractivity contribution is -0.122. The van der Waals surface area contributed by atoms with Gasteiger partial charge in [0, 0.05) is 32.1 Å². The fourth-order valence-corrected chi connectivity index (χ4v) is 2.74. The average Bonchev–Trinajstić information content (AvgIpc) is 2.75. The molecule has 1 aromatic rings. The van der Waals surface area contributed by atoms with Gasteiger partial charge in [0.2, 0.25) is 5.91 Å². The Morgan fingerprint density at radius 3 is 3.25 bits per heavy atom. The number of amides is 1. The van der Waals surface area contributed by atoms with Crippen LogP contribution in [-0.2, 0) is 4.79 Å². The molecule has 88 valence electrons. The van der Waals surface area contributed by atoms with Crippen molar-refractivity contribution in [3.05, 3.63) is 10.5 Å². The lowest BCUT2D eigenvalue weighted by atomic mass is 10.2. The number of thiazole rings is 1. The zero-order valence-electron chi connectivity index (χ0n) is 8.86. The van der Waals surface area contributed by atoms with Gasteiger partial charge in [-0.3, -0.25) is 4.79 Å². The molecular weight excluding hydrogens is 248 g/mol. The highest BCUT2D eigenvalue weighted by Crippen LogP contribution is 2.25. The van der Waals surface area contributed by atoms with E-state index in [1.54, 1.807) is 12.4 Å². The summed E-state index contributed by atoms with van der Waals surface area (Å²) in [5.74, 6) is -0.00137. The molecule has 1 atom stereocenters. The Morgan fingerprint density at radius 2 is 2.62 bits per heavy atom. The number of rotatable bonds is 2. The summed E-state index contributed by atoms with van der Waals surface area (Å²) in [4.78, 5) is 17.9. The molecule has 0 spiro atoms. The molecule has 16 heavy (non-hydrogen) atoms. The highest BCUT2D eigenvalue weighted by Gasteiger charge is 2.29. The number of piperazine rings is 1. The average molecular weight is 261 g/mol. The Morgan fingerprint density at radius 1 is 1.81 bits per heavy atom. The van der Waals surface area contributed by atoms with Gasteiger partial charge in [-0.1, -0.05) is 11.6 Å². The van der Waals surface area contributed by atoms with Crippen LogP contribution in [0, 0.1) is 0 Å². The largest absolute Gasteiger partial charge is 0.357 e. The van der Waals surface area contributed by atoms with E-state index in [2.05, 4.69) is 15.6 Å². The molecule has 0 saturated carbocycles. The smallest absolute Gasteiger partial charge is 0.243 e. The molecule has 2 N–H and O–H groups in total. The van der Waals surface area contributed by atoms with Gasteiger partial charge in [0.05, 0.1) is 0 Å².